The molecule has 0 spiro atoms. The van der Waals surface area contributed by atoms with Crippen LogP contribution in [0.25, 0.3) is 0 Å². The Labute approximate surface area is 166 Å². The Morgan fingerprint density at radius 2 is 1.44 bits per heavy atom. The number of ether oxygens (including phenoxy) is 1. The quantitative estimate of drug-likeness (QED) is 0.410. The van der Waals surface area contributed by atoms with Crippen molar-refractivity contribution < 1.29 is 14.6 Å². The van der Waals surface area contributed by atoms with Crippen molar-refractivity contribution in [2.75, 3.05) is 6.61 Å². The lowest BCUT2D eigenvalue weighted by Crippen LogP contribution is -2.20. The first-order valence-electron chi connectivity index (χ1n) is 10.4. The van der Waals surface area contributed by atoms with Gasteiger partial charge in [0.2, 0.25) is 0 Å². The van der Waals surface area contributed by atoms with Crippen LogP contribution in [0.5, 0.6) is 5.75 Å². The minimum atomic E-state index is -0.344. The van der Waals surface area contributed by atoms with Gasteiger partial charge >= 0.3 is 5.97 Å². The maximum atomic E-state index is 12.6. The van der Waals surface area contributed by atoms with E-state index >= 15 is 0 Å². The number of carbonyl (C=O) groups is 1. The van der Waals surface area contributed by atoms with Gasteiger partial charge in [0.25, 0.3) is 0 Å². The summed E-state index contributed by atoms with van der Waals surface area (Å²) in [5.41, 5.74) is 2.26. The Kier molecular flexibility index (Phi) is 8.38. The van der Waals surface area contributed by atoms with Crippen molar-refractivity contribution >= 4 is 5.97 Å². The molecule has 3 heteroatoms. The predicted molar refractivity (Wildman–Crippen MR) is 114 cm³/mol. The summed E-state index contributed by atoms with van der Waals surface area (Å²) in [6.07, 6.45) is 5.68. The molecule has 0 aliphatic carbocycles. The van der Waals surface area contributed by atoms with Gasteiger partial charge in [-0.05, 0) is 40.9 Å². The highest BCUT2D eigenvalue weighted by molar-refractivity contribution is 5.78. The first kappa shape index (κ1) is 23.5. The molecule has 0 bridgehead atoms. The van der Waals surface area contributed by atoms with Crippen LogP contribution in [0.4, 0.5) is 0 Å². The van der Waals surface area contributed by atoms with Crippen molar-refractivity contribution in [1.82, 2.24) is 0 Å². The van der Waals surface area contributed by atoms with E-state index in [0.29, 0.717) is 12.4 Å². The van der Waals surface area contributed by atoms with Crippen LogP contribution in [-0.4, -0.2) is 17.7 Å². The molecule has 154 valence electrons. The molecule has 1 aromatic rings. The molecule has 27 heavy (non-hydrogen) atoms. The second-order valence-electron chi connectivity index (χ2n) is 9.77. The number of esters is 1. The molecule has 1 aromatic carbocycles. The Morgan fingerprint density at radius 1 is 0.963 bits per heavy atom. The van der Waals surface area contributed by atoms with E-state index in [1.165, 1.54) is 19.3 Å². The third kappa shape index (κ3) is 6.86. The maximum Gasteiger partial charge on any atom is 0.313 e. The predicted octanol–water partition coefficient (Wildman–Crippen LogP) is 6.60. The third-order valence-corrected chi connectivity index (χ3v) is 5.09. The van der Waals surface area contributed by atoms with E-state index < -0.39 is 0 Å². The van der Waals surface area contributed by atoms with Crippen molar-refractivity contribution in [3.05, 3.63) is 28.8 Å². The molecular weight excluding hydrogens is 336 g/mol. The van der Waals surface area contributed by atoms with Crippen molar-refractivity contribution in [1.29, 1.82) is 0 Å². The smallest absolute Gasteiger partial charge is 0.313 e. The number of hydrogen-bond donors (Lipinski definition) is 1. The second kappa shape index (κ2) is 9.61. The van der Waals surface area contributed by atoms with Crippen LogP contribution in [-0.2, 0) is 20.4 Å². The maximum absolute atomic E-state index is 12.6. The van der Waals surface area contributed by atoms with Gasteiger partial charge in [-0.1, -0.05) is 86.3 Å². The molecular formula is C24H40O3. The van der Waals surface area contributed by atoms with Crippen LogP contribution in [0.2, 0.25) is 0 Å². The molecule has 1 unspecified atom stereocenters. The monoisotopic (exact) mass is 376 g/mol. The summed E-state index contributed by atoms with van der Waals surface area (Å²) in [6.45, 7) is 17.1. The van der Waals surface area contributed by atoms with Gasteiger partial charge in [-0.15, -0.1) is 0 Å². The first-order chi connectivity index (χ1) is 12.4. The highest BCUT2D eigenvalue weighted by Crippen LogP contribution is 2.41. The minimum absolute atomic E-state index is 0.184. The minimum Gasteiger partial charge on any atom is -0.507 e. The fraction of sp³-hybridized carbons (Fsp3) is 0.708. The highest BCUT2D eigenvalue weighted by atomic mass is 16.5. The summed E-state index contributed by atoms with van der Waals surface area (Å²) < 4.78 is 5.52. The van der Waals surface area contributed by atoms with Crippen molar-refractivity contribution in [2.24, 2.45) is 0 Å². The standard InChI is InChI=1S/C24H40O3/c1-9-10-11-12-13-14-27-22(26)17(2)18-15-19(23(3,4)5)21(25)20(16-18)24(6,7)8/h15-17,25H,9-14H2,1-8H3. The van der Waals surface area contributed by atoms with Crippen LogP contribution in [0.15, 0.2) is 12.1 Å². The fourth-order valence-electron chi connectivity index (χ4n) is 3.19. The zero-order valence-corrected chi connectivity index (χ0v) is 18.7. The summed E-state index contributed by atoms with van der Waals surface area (Å²) >= 11 is 0. The Morgan fingerprint density at radius 3 is 1.89 bits per heavy atom. The zero-order valence-electron chi connectivity index (χ0n) is 18.7. The topological polar surface area (TPSA) is 46.5 Å². The first-order valence-corrected chi connectivity index (χ1v) is 10.4. The number of benzene rings is 1. The lowest BCUT2D eigenvalue weighted by molar-refractivity contribution is -0.145. The number of carbonyl (C=O) groups excluding carboxylic acids is 1. The summed E-state index contributed by atoms with van der Waals surface area (Å²) in [7, 11) is 0. The molecule has 1 rings (SSSR count). The Bertz CT molecular complexity index is 582. The Hall–Kier alpha value is -1.51. The van der Waals surface area contributed by atoms with Gasteiger partial charge < -0.3 is 9.84 Å². The number of phenols is 1. The van der Waals surface area contributed by atoms with Crippen molar-refractivity contribution in [2.45, 2.75) is 104 Å². The molecule has 0 aliphatic rings. The van der Waals surface area contributed by atoms with E-state index in [-0.39, 0.29) is 22.7 Å². The van der Waals surface area contributed by atoms with Crippen LogP contribution in [0.3, 0.4) is 0 Å². The average molecular weight is 377 g/mol. The van der Waals surface area contributed by atoms with Crippen LogP contribution < -0.4 is 0 Å². The lowest BCUT2D eigenvalue weighted by atomic mass is 9.77. The van der Waals surface area contributed by atoms with Gasteiger partial charge in [0.1, 0.15) is 5.75 Å². The van der Waals surface area contributed by atoms with E-state index in [0.717, 1.165) is 29.5 Å². The summed E-state index contributed by atoms with van der Waals surface area (Å²) in [5, 5.41) is 10.8. The van der Waals surface area contributed by atoms with Gasteiger partial charge in [0.15, 0.2) is 0 Å². The summed E-state index contributed by atoms with van der Waals surface area (Å²) in [4.78, 5) is 12.6. The normalized spacial score (nSPS) is 13.5. The molecule has 0 amide bonds. The molecule has 0 saturated carbocycles. The number of unbranched alkanes of at least 4 members (excludes halogenated alkanes) is 4. The molecule has 0 radical (unpaired) electrons. The van der Waals surface area contributed by atoms with Crippen LogP contribution >= 0.6 is 0 Å². The number of phenolic OH excluding ortho intramolecular Hbond substituents is 1. The third-order valence-electron chi connectivity index (χ3n) is 5.09. The van der Waals surface area contributed by atoms with Crippen molar-refractivity contribution in [3.8, 4) is 5.75 Å². The largest absolute Gasteiger partial charge is 0.507 e. The van der Waals surface area contributed by atoms with E-state index in [1.807, 2.05) is 19.1 Å². The van der Waals surface area contributed by atoms with Gasteiger partial charge in [-0.2, -0.15) is 0 Å². The molecule has 0 saturated heterocycles. The van der Waals surface area contributed by atoms with Gasteiger partial charge in [0, 0.05) is 0 Å². The Balaban J connectivity index is 2.99. The second-order valence-corrected chi connectivity index (χ2v) is 9.77. The molecule has 0 fully saturated rings. The SMILES string of the molecule is CCCCCCCOC(=O)C(C)c1cc(C(C)(C)C)c(O)c(C(C)(C)C)c1. The van der Waals surface area contributed by atoms with E-state index in [1.54, 1.807) is 0 Å². The van der Waals surface area contributed by atoms with Crippen LogP contribution in [0, 0.1) is 0 Å². The van der Waals surface area contributed by atoms with E-state index in [9.17, 15) is 9.90 Å². The van der Waals surface area contributed by atoms with Gasteiger partial charge in [-0.3, -0.25) is 4.79 Å². The van der Waals surface area contributed by atoms with Gasteiger partial charge in [0.05, 0.1) is 12.5 Å². The number of hydrogen-bond acceptors (Lipinski definition) is 3. The van der Waals surface area contributed by atoms with E-state index in [4.69, 9.17) is 4.74 Å². The average Bonchev–Trinajstić information content (AvgIpc) is 2.55. The number of rotatable bonds is 8. The molecule has 1 atom stereocenters. The number of aromatic hydroxyl groups is 1. The highest BCUT2D eigenvalue weighted by Gasteiger charge is 2.29. The van der Waals surface area contributed by atoms with Crippen molar-refractivity contribution in [3.63, 3.8) is 0 Å². The summed E-state index contributed by atoms with van der Waals surface area (Å²) in [5.74, 6) is -0.186. The molecule has 0 heterocycles. The molecule has 3 nitrogen and oxygen atoms in total. The lowest BCUT2D eigenvalue weighted by Gasteiger charge is -2.29. The van der Waals surface area contributed by atoms with Crippen LogP contribution in [0.1, 0.15) is 110 Å². The van der Waals surface area contributed by atoms with E-state index in [2.05, 4.69) is 48.5 Å². The van der Waals surface area contributed by atoms with Gasteiger partial charge in [-0.25, -0.2) is 0 Å². The summed E-state index contributed by atoms with van der Waals surface area (Å²) in [6, 6.07) is 3.94. The zero-order chi connectivity index (χ0) is 20.8. The molecule has 1 N–H and O–H groups in total. The molecule has 0 aromatic heterocycles. The molecule has 0 aliphatic heterocycles. The fourth-order valence-corrected chi connectivity index (χ4v) is 3.19.